The van der Waals surface area contributed by atoms with E-state index < -0.39 is 0 Å². The first kappa shape index (κ1) is 19.2. The molecule has 7 heteroatoms. The van der Waals surface area contributed by atoms with Crippen LogP contribution >= 0.6 is 0 Å². The number of likely N-dealkylation sites (tertiary alicyclic amines) is 1. The van der Waals surface area contributed by atoms with Crippen LogP contribution in [0, 0.1) is 18.7 Å². The van der Waals surface area contributed by atoms with Gasteiger partial charge in [0.1, 0.15) is 17.3 Å². The average Bonchev–Trinajstić information content (AvgIpc) is 3.06. The minimum absolute atomic E-state index is 0.112. The lowest BCUT2D eigenvalue weighted by Gasteiger charge is -2.32. The third-order valence-electron chi connectivity index (χ3n) is 5.54. The van der Waals surface area contributed by atoms with Crippen LogP contribution in [0.25, 0.3) is 11.4 Å². The van der Waals surface area contributed by atoms with E-state index in [2.05, 4.69) is 9.97 Å². The molecule has 4 rings (SSSR count). The molecule has 0 saturated carbocycles. The molecule has 1 aliphatic heterocycles. The van der Waals surface area contributed by atoms with E-state index in [0.717, 1.165) is 42.2 Å². The zero-order chi connectivity index (χ0) is 20.4. The van der Waals surface area contributed by atoms with Crippen molar-refractivity contribution in [3.05, 3.63) is 65.8 Å². The highest BCUT2D eigenvalue weighted by molar-refractivity contribution is 5.94. The number of hydrogen-bond acceptors (Lipinski definition) is 4. The first-order valence-electron chi connectivity index (χ1n) is 9.85. The van der Waals surface area contributed by atoms with Crippen LogP contribution in [0.3, 0.4) is 0 Å². The summed E-state index contributed by atoms with van der Waals surface area (Å²) in [6, 6.07) is 5.90. The molecule has 1 unspecified atom stereocenters. The molecule has 6 nitrogen and oxygen atoms in total. The van der Waals surface area contributed by atoms with E-state index in [1.54, 1.807) is 24.5 Å². The molecule has 1 saturated heterocycles. The number of carbonyl (C=O) groups is 1. The minimum Gasteiger partial charge on any atom is -0.338 e. The van der Waals surface area contributed by atoms with Gasteiger partial charge in [0.05, 0.1) is 23.8 Å². The van der Waals surface area contributed by atoms with E-state index in [1.165, 1.54) is 12.1 Å². The summed E-state index contributed by atoms with van der Waals surface area (Å²) < 4.78 is 15.5. The van der Waals surface area contributed by atoms with E-state index in [0.29, 0.717) is 24.6 Å². The predicted molar refractivity (Wildman–Crippen MR) is 108 cm³/mol. The Morgan fingerprint density at radius 2 is 2.14 bits per heavy atom. The second-order valence-electron chi connectivity index (χ2n) is 7.62. The first-order valence-corrected chi connectivity index (χ1v) is 9.85. The normalized spacial score (nSPS) is 16.8. The van der Waals surface area contributed by atoms with Crippen molar-refractivity contribution in [3.8, 4) is 11.4 Å². The van der Waals surface area contributed by atoms with Gasteiger partial charge < -0.3 is 9.47 Å². The van der Waals surface area contributed by atoms with E-state index in [1.807, 2.05) is 29.6 Å². The maximum Gasteiger partial charge on any atom is 0.253 e. The summed E-state index contributed by atoms with van der Waals surface area (Å²) >= 11 is 0. The second kappa shape index (κ2) is 8.11. The maximum atomic E-state index is 13.5. The number of halogens is 1. The molecule has 3 heterocycles. The lowest BCUT2D eigenvalue weighted by Crippen LogP contribution is -2.40. The summed E-state index contributed by atoms with van der Waals surface area (Å²) in [5, 5.41) is 0. The lowest BCUT2D eigenvalue weighted by atomic mass is 9.93. The van der Waals surface area contributed by atoms with Gasteiger partial charge in [0.15, 0.2) is 0 Å². The van der Waals surface area contributed by atoms with E-state index in [9.17, 15) is 9.18 Å². The third kappa shape index (κ3) is 4.18. The SMILES string of the molecule is Cc1ncc(-c2cncc(CC3CCCN(C(=O)c4cccc(F)c4)C3)n2)n1C. The third-order valence-corrected chi connectivity index (χ3v) is 5.54. The van der Waals surface area contributed by atoms with Gasteiger partial charge in [-0.25, -0.2) is 14.4 Å². The van der Waals surface area contributed by atoms with Crippen LogP contribution in [-0.4, -0.2) is 43.4 Å². The molecule has 3 aromatic rings. The molecule has 1 fully saturated rings. The summed E-state index contributed by atoms with van der Waals surface area (Å²) in [5.74, 6) is 0.728. The fraction of sp³-hybridized carbons (Fsp3) is 0.364. The Hall–Kier alpha value is -3.09. The molecule has 150 valence electrons. The zero-order valence-electron chi connectivity index (χ0n) is 16.7. The quantitative estimate of drug-likeness (QED) is 0.681. The Balaban J connectivity index is 1.46. The smallest absolute Gasteiger partial charge is 0.253 e. The van der Waals surface area contributed by atoms with Crippen molar-refractivity contribution in [2.45, 2.75) is 26.2 Å². The molecule has 29 heavy (non-hydrogen) atoms. The number of aryl methyl sites for hydroxylation is 1. The summed E-state index contributed by atoms with van der Waals surface area (Å²) in [4.78, 5) is 28.0. The number of piperidine rings is 1. The summed E-state index contributed by atoms with van der Waals surface area (Å²) in [6.45, 7) is 3.30. The molecule has 0 spiro atoms. The van der Waals surface area contributed by atoms with Crippen molar-refractivity contribution in [2.24, 2.45) is 13.0 Å². The molecule has 1 atom stereocenters. The molecule has 0 N–H and O–H groups in total. The molecule has 0 bridgehead atoms. The molecule has 1 amide bonds. The van der Waals surface area contributed by atoms with E-state index >= 15 is 0 Å². The Morgan fingerprint density at radius 3 is 2.90 bits per heavy atom. The summed E-state index contributed by atoms with van der Waals surface area (Å²) in [6.07, 6.45) is 8.07. The average molecular weight is 393 g/mol. The van der Waals surface area contributed by atoms with Crippen LogP contribution in [0.5, 0.6) is 0 Å². The molecular weight excluding hydrogens is 369 g/mol. The monoisotopic (exact) mass is 393 g/mol. The molecule has 0 aliphatic carbocycles. The largest absolute Gasteiger partial charge is 0.338 e. The van der Waals surface area contributed by atoms with Crippen molar-refractivity contribution >= 4 is 5.91 Å². The Labute approximate surface area is 169 Å². The summed E-state index contributed by atoms with van der Waals surface area (Å²) in [5.41, 5.74) is 3.04. The number of carbonyl (C=O) groups excluding carboxylic acids is 1. The summed E-state index contributed by atoms with van der Waals surface area (Å²) in [7, 11) is 1.96. The van der Waals surface area contributed by atoms with Crippen molar-refractivity contribution < 1.29 is 9.18 Å². The molecule has 1 aliphatic rings. The molecule has 1 aromatic carbocycles. The highest BCUT2D eigenvalue weighted by Gasteiger charge is 2.25. The van der Waals surface area contributed by atoms with Gasteiger partial charge in [-0.05, 0) is 50.3 Å². The topological polar surface area (TPSA) is 63.9 Å². The standard InChI is InChI=1S/C22H24FN5O/c1-15-25-13-21(27(15)2)20-12-24-11-19(26-20)9-16-5-4-8-28(14-16)22(29)17-6-3-7-18(23)10-17/h3,6-7,10-13,16H,4-5,8-9,14H2,1-2H3. The van der Waals surface area contributed by atoms with Gasteiger partial charge in [0, 0.05) is 31.9 Å². The van der Waals surface area contributed by atoms with Gasteiger partial charge in [0.2, 0.25) is 0 Å². The van der Waals surface area contributed by atoms with E-state index in [-0.39, 0.29) is 11.7 Å². The molecule has 2 aromatic heterocycles. The van der Waals surface area contributed by atoms with Gasteiger partial charge in [-0.2, -0.15) is 0 Å². The van der Waals surface area contributed by atoms with Gasteiger partial charge in [-0.1, -0.05) is 6.07 Å². The molecular formula is C22H24FN5O. The number of amides is 1. The number of nitrogens with zero attached hydrogens (tertiary/aromatic N) is 5. The van der Waals surface area contributed by atoms with Crippen LogP contribution in [0.4, 0.5) is 4.39 Å². The Morgan fingerprint density at radius 1 is 1.28 bits per heavy atom. The lowest BCUT2D eigenvalue weighted by molar-refractivity contribution is 0.0672. The number of benzene rings is 1. The van der Waals surface area contributed by atoms with Crippen LogP contribution in [0.2, 0.25) is 0 Å². The Bertz CT molecular complexity index is 1030. The van der Waals surface area contributed by atoms with E-state index in [4.69, 9.17) is 4.98 Å². The zero-order valence-corrected chi connectivity index (χ0v) is 16.7. The van der Waals surface area contributed by atoms with Crippen LogP contribution in [-0.2, 0) is 13.5 Å². The van der Waals surface area contributed by atoms with Crippen molar-refractivity contribution in [3.63, 3.8) is 0 Å². The van der Waals surface area contributed by atoms with Gasteiger partial charge >= 0.3 is 0 Å². The van der Waals surface area contributed by atoms with Crippen molar-refractivity contribution in [1.29, 1.82) is 0 Å². The van der Waals surface area contributed by atoms with Crippen LogP contribution in [0.15, 0.2) is 42.9 Å². The first-order chi connectivity index (χ1) is 14.0. The number of rotatable bonds is 4. The second-order valence-corrected chi connectivity index (χ2v) is 7.62. The van der Waals surface area contributed by atoms with Gasteiger partial charge in [-0.15, -0.1) is 0 Å². The van der Waals surface area contributed by atoms with Gasteiger partial charge in [-0.3, -0.25) is 9.78 Å². The number of imidazole rings is 1. The number of aromatic nitrogens is 4. The van der Waals surface area contributed by atoms with Crippen LogP contribution < -0.4 is 0 Å². The fourth-order valence-electron chi connectivity index (χ4n) is 3.88. The van der Waals surface area contributed by atoms with Crippen molar-refractivity contribution in [1.82, 2.24) is 24.4 Å². The number of hydrogen-bond donors (Lipinski definition) is 0. The highest BCUT2D eigenvalue weighted by Crippen LogP contribution is 2.23. The minimum atomic E-state index is -0.387. The fourth-order valence-corrected chi connectivity index (χ4v) is 3.88. The van der Waals surface area contributed by atoms with Crippen LogP contribution in [0.1, 0.15) is 34.7 Å². The Kier molecular flexibility index (Phi) is 5.38. The van der Waals surface area contributed by atoms with Crippen molar-refractivity contribution in [2.75, 3.05) is 13.1 Å². The molecule has 0 radical (unpaired) electrons. The van der Waals surface area contributed by atoms with Gasteiger partial charge in [0.25, 0.3) is 5.91 Å². The maximum absolute atomic E-state index is 13.5. The predicted octanol–water partition coefficient (Wildman–Crippen LogP) is 3.42. The highest BCUT2D eigenvalue weighted by atomic mass is 19.1.